The maximum atomic E-state index is 5.41. The minimum Gasteiger partial charge on any atom is -0.333 e. The highest BCUT2D eigenvalue weighted by atomic mass is 32.1. The van der Waals surface area contributed by atoms with Gasteiger partial charge in [0, 0.05) is 26.2 Å². The van der Waals surface area contributed by atoms with Crippen LogP contribution in [-0.4, -0.2) is 46.2 Å². The molecule has 0 atom stereocenters. The van der Waals surface area contributed by atoms with Crippen molar-refractivity contribution >= 4 is 11.3 Å². The van der Waals surface area contributed by atoms with Gasteiger partial charge >= 0.3 is 0 Å². The van der Waals surface area contributed by atoms with Crippen LogP contribution >= 0.6 is 11.3 Å². The van der Waals surface area contributed by atoms with Gasteiger partial charge in [0.25, 0.3) is 5.89 Å². The summed E-state index contributed by atoms with van der Waals surface area (Å²) in [6.07, 6.45) is 1.79. The highest BCUT2D eigenvalue weighted by molar-refractivity contribution is 7.14. The van der Waals surface area contributed by atoms with Crippen LogP contribution in [0.3, 0.4) is 0 Å². The number of aromatic nitrogens is 3. The van der Waals surface area contributed by atoms with E-state index in [0.29, 0.717) is 5.89 Å². The second-order valence-electron chi connectivity index (χ2n) is 5.46. The molecule has 0 saturated carbocycles. The van der Waals surface area contributed by atoms with E-state index in [-0.39, 0.29) is 5.54 Å². The Morgan fingerprint density at radius 1 is 1.35 bits per heavy atom. The molecule has 0 aliphatic carbocycles. The highest BCUT2D eigenvalue weighted by Gasteiger charge is 2.34. The minimum atomic E-state index is -0.219. The Bertz CT molecular complexity index is 585. The number of nitrogens with one attached hydrogen (secondary N) is 1. The molecule has 1 aliphatic rings. The Morgan fingerprint density at radius 2 is 2.10 bits per heavy atom. The summed E-state index contributed by atoms with van der Waals surface area (Å²) in [7, 11) is 0. The summed E-state index contributed by atoms with van der Waals surface area (Å²) in [5, 5.41) is 8.54. The molecule has 2 aromatic heterocycles. The summed E-state index contributed by atoms with van der Waals surface area (Å²) in [5.74, 6) is 1.30. The van der Waals surface area contributed by atoms with Gasteiger partial charge in [-0.1, -0.05) is 5.16 Å². The van der Waals surface area contributed by atoms with Gasteiger partial charge in [-0.05, 0) is 20.8 Å². The molecule has 3 rings (SSSR count). The van der Waals surface area contributed by atoms with E-state index in [2.05, 4.69) is 39.2 Å². The molecule has 1 N–H and O–H groups in total. The number of hydrogen-bond donors (Lipinski definition) is 1. The Morgan fingerprint density at radius 3 is 2.75 bits per heavy atom. The first-order chi connectivity index (χ1) is 9.57. The molecular weight excluding hydrogens is 274 g/mol. The first-order valence-corrected chi connectivity index (χ1v) is 7.62. The number of hydrogen-bond acceptors (Lipinski definition) is 7. The van der Waals surface area contributed by atoms with E-state index in [1.54, 1.807) is 17.5 Å². The lowest BCUT2D eigenvalue weighted by Crippen LogP contribution is -2.52. The lowest BCUT2D eigenvalue weighted by molar-refractivity contribution is 0.0925. The highest BCUT2D eigenvalue weighted by Crippen LogP contribution is 2.29. The van der Waals surface area contributed by atoms with Crippen molar-refractivity contribution in [3.8, 4) is 10.8 Å². The van der Waals surface area contributed by atoms with Crippen LogP contribution in [0, 0.1) is 6.92 Å². The summed E-state index contributed by atoms with van der Waals surface area (Å²) in [5.41, 5.74) is -0.219. The molecule has 108 valence electrons. The Hall–Kier alpha value is -1.31. The van der Waals surface area contributed by atoms with Crippen LogP contribution in [-0.2, 0) is 5.54 Å². The van der Waals surface area contributed by atoms with Crippen LogP contribution in [0.1, 0.15) is 24.7 Å². The van der Waals surface area contributed by atoms with Crippen molar-refractivity contribution < 1.29 is 4.52 Å². The van der Waals surface area contributed by atoms with Gasteiger partial charge in [-0.3, -0.25) is 4.90 Å². The fourth-order valence-corrected chi connectivity index (χ4v) is 3.10. The van der Waals surface area contributed by atoms with Crippen LogP contribution in [0.15, 0.2) is 10.7 Å². The van der Waals surface area contributed by atoms with Gasteiger partial charge in [0.2, 0.25) is 0 Å². The van der Waals surface area contributed by atoms with Crippen LogP contribution in [0.2, 0.25) is 0 Å². The molecule has 6 nitrogen and oxygen atoms in total. The maximum Gasteiger partial charge on any atom is 0.269 e. The predicted molar refractivity (Wildman–Crippen MR) is 77.6 cm³/mol. The number of nitrogens with zero attached hydrogens (tertiary/aromatic N) is 4. The molecule has 0 bridgehead atoms. The fourth-order valence-electron chi connectivity index (χ4n) is 2.40. The Labute approximate surface area is 122 Å². The van der Waals surface area contributed by atoms with Gasteiger partial charge in [0.05, 0.1) is 16.7 Å². The largest absolute Gasteiger partial charge is 0.333 e. The molecule has 1 fully saturated rings. The molecule has 1 aliphatic heterocycles. The van der Waals surface area contributed by atoms with E-state index in [9.17, 15) is 0 Å². The third-order valence-corrected chi connectivity index (χ3v) is 4.61. The SMILES string of the molecule is Cc1ncc(-c2nc(C(C)(C)N3CCNCC3)no2)s1. The smallest absolute Gasteiger partial charge is 0.269 e. The summed E-state index contributed by atoms with van der Waals surface area (Å²) < 4.78 is 5.41. The first-order valence-electron chi connectivity index (χ1n) is 6.80. The molecule has 0 aromatic carbocycles. The van der Waals surface area contributed by atoms with Gasteiger partial charge in [0.15, 0.2) is 5.82 Å². The quantitative estimate of drug-likeness (QED) is 0.928. The number of thiazole rings is 1. The number of rotatable bonds is 3. The Balaban J connectivity index is 1.85. The van der Waals surface area contributed by atoms with Gasteiger partial charge in [0.1, 0.15) is 4.88 Å². The fraction of sp³-hybridized carbons (Fsp3) is 0.615. The molecule has 1 saturated heterocycles. The zero-order valence-corrected chi connectivity index (χ0v) is 12.8. The average molecular weight is 293 g/mol. The van der Waals surface area contributed by atoms with Crippen LogP contribution in [0.5, 0.6) is 0 Å². The van der Waals surface area contributed by atoms with Gasteiger partial charge in [-0.15, -0.1) is 11.3 Å². The van der Waals surface area contributed by atoms with Crippen molar-refractivity contribution in [1.29, 1.82) is 0 Å². The van der Waals surface area contributed by atoms with Gasteiger partial charge < -0.3 is 9.84 Å². The van der Waals surface area contributed by atoms with Crippen molar-refractivity contribution in [2.24, 2.45) is 0 Å². The molecule has 0 radical (unpaired) electrons. The van der Waals surface area contributed by atoms with Gasteiger partial charge in [-0.25, -0.2) is 4.98 Å². The molecule has 20 heavy (non-hydrogen) atoms. The molecule has 0 unspecified atom stereocenters. The molecular formula is C13H19N5OS. The molecule has 7 heteroatoms. The summed E-state index contributed by atoms with van der Waals surface area (Å²) in [4.78, 5) is 12.1. The number of aryl methyl sites for hydroxylation is 1. The van der Waals surface area contributed by atoms with E-state index in [4.69, 9.17) is 4.52 Å². The molecule has 0 amide bonds. The predicted octanol–water partition coefficient (Wildman–Crippen LogP) is 1.64. The number of piperazine rings is 1. The third kappa shape index (κ3) is 2.48. The van der Waals surface area contributed by atoms with Crippen LogP contribution in [0.4, 0.5) is 0 Å². The van der Waals surface area contributed by atoms with E-state index in [1.807, 2.05) is 6.92 Å². The second kappa shape index (κ2) is 5.23. The zero-order valence-electron chi connectivity index (χ0n) is 12.0. The minimum absolute atomic E-state index is 0.219. The monoisotopic (exact) mass is 293 g/mol. The molecule has 2 aromatic rings. The van der Waals surface area contributed by atoms with E-state index >= 15 is 0 Å². The van der Waals surface area contributed by atoms with Gasteiger partial charge in [-0.2, -0.15) is 4.98 Å². The summed E-state index contributed by atoms with van der Waals surface area (Å²) in [6.45, 7) is 10.3. The van der Waals surface area contributed by atoms with Crippen LogP contribution in [0.25, 0.3) is 10.8 Å². The lowest BCUT2D eigenvalue weighted by atomic mass is 10.0. The van der Waals surface area contributed by atoms with Crippen LogP contribution < -0.4 is 5.32 Å². The molecule has 3 heterocycles. The van der Waals surface area contributed by atoms with Crippen molar-refractivity contribution in [2.75, 3.05) is 26.2 Å². The topological polar surface area (TPSA) is 67.1 Å². The van der Waals surface area contributed by atoms with Crippen molar-refractivity contribution in [3.63, 3.8) is 0 Å². The first kappa shape index (κ1) is 13.7. The summed E-state index contributed by atoms with van der Waals surface area (Å²) in [6, 6.07) is 0. The van der Waals surface area contributed by atoms with E-state index in [1.165, 1.54) is 0 Å². The molecule has 0 spiro atoms. The van der Waals surface area contributed by atoms with E-state index < -0.39 is 0 Å². The lowest BCUT2D eigenvalue weighted by Gasteiger charge is -2.38. The maximum absolute atomic E-state index is 5.41. The Kier molecular flexibility index (Phi) is 3.57. The standard InChI is InChI=1S/C13H19N5OS/c1-9-15-8-10(20-9)11-16-12(17-19-11)13(2,3)18-6-4-14-5-7-18/h8,14H,4-7H2,1-3H3. The van der Waals surface area contributed by atoms with E-state index in [0.717, 1.165) is 41.9 Å². The van der Waals surface area contributed by atoms with Crippen molar-refractivity contribution in [2.45, 2.75) is 26.3 Å². The average Bonchev–Trinajstić information content (AvgIpc) is 3.08. The second-order valence-corrected chi connectivity index (χ2v) is 6.70. The van der Waals surface area contributed by atoms with Crippen molar-refractivity contribution in [1.82, 2.24) is 25.3 Å². The summed E-state index contributed by atoms with van der Waals surface area (Å²) >= 11 is 1.57. The third-order valence-electron chi connectivity index (χ3n) is 3.71. The normalized spacial score (nSPS) is 17.6. The zero-order chi connectivity index (χ0) is 14.2. The van der Waals surface area contributed by atoms with Crippen molar-refractivity contribution in [3.05, 3.63) is 17.0 Å².